The molecule has 0 aliphatic carbocycles. The van der Waals surface area contributed by atoms with E-state index in [4.69, 9.17) is 0 Å². The van der Waals surface area contributed by atoms with Crippen LogP contribution in [0.1, 0.15) is 135 Å². The molecule has 2 nitrogen and oxygen atoms in total. The van der Waals surface area contributed by atoms with Crippen LogP contribution in [0, 0.1) is 0 Å². The molecule has 0 unspecified atom stereocenters. The van der Waals surface area contributed by atoms with Crippen molar-refractivity contribution in [1.29, 1.82) is 0 Å². The minimum atomic E-state index is -9.07. The van der Waals surface area contributed by atoms with Crippen LogP contribution in [0.5, 0.6) is 0 Å². The van der Waals surface area contributed by atoms with Crippen molar-refractivity contribution < 1.29 is 97.3 Å². The van der Waals surface area contributed by atoms with Gasteiger partial charge in [0.25, 0.3) is 0 Å². The summed E-state index contributed by atoms with van der Waals surface area (Å²) < 4.78 is 274. The normalized spacial score (nSPS) is 14.6. The SMILES string of the molecule is CCCCCCCCCCCCCCCCCCCCCC(=O)OCC(F)(F)C(F)(F)C(F)(F)C(F)(F)C(F)(F)C(F)(F)C(F)(F)C(F)(F)C(F)(F)C(F)F. The van der Waals surface area contributed by atoms with Crippen LogP contribution < -0.4 is 0 Å². The molecule has 0 aliphatic heterocycles. The van der Waals surface area contributed by atoms with Crippen LogP contribution >= 0.6 is 0 Å². The van der Waals surface area contributed by atoms with Crippen molar-refractivity contribution in [2.75, 3.05) is 6.61 Å². The molecule has 0 rings (SSSR count). The average molecular weight is 855 g/mol. The topological polar surface area (TPSA) is 26.3 Å². The van der Waals surface area contributed by atoms with E-state index in [-0.39, 0.29) is 12.8 Å². The van der Waals surface area contributed by atoms with Gasteiger partial charge >= 0.3 is 65.7 Å². The molecule has 0 radical (unpaired) electrons. The van der Waals surface area contributed by atoms with Gasteiger partial charge in [-0.1, -0.05) is 122 Å². The number of hydrogen-bond donors (Lipinski definition) is 0. The highest BCUT2D eigenvalue weighted by atomic mass is 19.4. The molecule has 330 valence electrons. The van der Waals surface area contributed by atoms with E-state index in [2.05, 4.69) is 11.7 Å². The Morgan fingerprint density at radius 2 is 0.655 bits per heavy atom. The largest absolute Gasteiger partial charge is 0.459 e. The summed E-state index contributed by atoms with van der Waals surface area (Å²) in [5.74, 6) is -77.6. The number of rotatable bonds is 31. The Labute approximate surface area is 305 Å². The van der Waals surface area contributed by atoms with Gasteiger partial charge in [0.15, 0.2) is 6.61 Å². The van der Waals surface area contributed by atoms with E-state index in [1.807, 2.05) is 0 Å². The van der Waals surface area contributed by atoms with Crippen LogP contribution in [0.2, 0.25) is 0 Å². The quantitative estimate of drug-likeness (QED) is 0.0394. The lowest BCUT2D eigenvalue weighted by atomic mass is 9.86. The smallest absolute Gasteiger partial charge is 0.385 e. The monoisotopic (exact) mass is 854 g/mol. The highest BCUT2D eigenvalue weighted by Gasteiger charge is 2.96. The molecule has 0 N–H and O–H groups in total. The van der Waals surface area contributed by atoms with Crippen LogP contribution in [-0.2, 0) is 9.53 Å². The number of alkyl halides is 20. The maximum Gasteiger partial charge on any atom is 0.385 e. The molecule has 0 aromatic rings. The molecule has 0 saturated carbocycles. The third kappa shape index (κ3) is 12.3. The summed E-state index contributed by atoms with van der Waals surface area (Å²) in [5.41, 5.74) is 0. The molecule has 0 bridgehead atoms. The minimum absolute atomic E-state index is 0.168. The first-order valence-corrected chi connectivity index (χ1v) is 17.7. The maximum atomic E-state index is 14.0. The lowest BCUT2D eigenvalue weighted by Crippen LogP contribution is -2.76. The molecule has 0 aromatic carbocycles. The van der Waals surface area contributed by atoms with E-state index in [0.717, 1.165) is 44.9 Å². The third-order valence-corrected chi connectivity index (χ3v) is 8.92. The summed E-state index contributed by atoms with van der Waals surface area (Å²) in [6.45, 7) is -1.15. The van der Waals surface area contributed by atoms with Crippen molar-refractivity contribution >= 4 is 5.97 Å². The number of carbonyl (C=O) groups excluding carboxylic acids is 1. The fourth-order valence-electron chi connectivity index (χ4n) is 5.24. The Hall–Kier alpha value is -1.93. The second-order valence-electron chi connectivity index (χ2n) is 13.4. The molecule has 0 atom stereocenters. The van der Waals surface area contributed by atoms with E-state index in [1.165, 1.54) is 51.4 Å². The molecule has 0 spiro atoms. The Morgan fingerprint density at radius 3 is 0.945 bits per heavy atom. The highest BCUT2D eigenvalue weighted by molar-refractivity contribution is 5.69. The average Bonchev–Trinajstić information content (AvgIpc) is 3.07. The summed E-state index contributed by atoms with van der Waals surface area (Å²) in [6.07, 6.45) is 11.2. The Balaban J connectivity index is 4.96. The van der Waals surface area contributed by atoms with Crippen LogP contribution in [0.15, 0.2) is 0 Å². The Bertz CT molecular complexity index is 1110. The fourth-order valence-corrected chi connectivity index (χ4v) is 5.24. The minimum Gasteiger partial charge on any atom is -0.459 e. The predicted molar refractivity (Wildman–Crippen MR) is 159 cm³/mol. The number of halogens is 20. The summed E-state index contributed by atoms with van der Waals surface area (Å²) in [4.78, 5) is 11.6. The van der Waals surface area contributed by atoms with E-state index >= 15 is 0 Å². The summed E-state index contributed by atoms with van der Waals surface area (Å²) in [6, 6.07) is 0. The van der Waals surface area contributed by atoms with Crippen LogP contribution in [0.25, 0.3) is 0 Å². The van der Waals surface area contributed by atoms with Crippen molar-refractivity contribution in [1.82, 2.24) is 0 Å². The third-order valence-electron chi connectivity index (χ3n) is 8.92. The molecular weight excluding hydrogens is 808 g/mol. The van der Waals surface area contributed by atoms with Gasteiger partial charge in [0.05, 0.1) is 0 Å². The lowest BCUT2D eigenvalue weighted by Gasteiger charge is -2.44. The molecule has 0 fully saturated rings. The van der Waals surface area contributed by atoms with Gasteiger partial charge in [-0.15, -0.1) is 0 Å². The number of unbranched alkanes of at least 4 members (excludes halogenated alkanes) is 18. The first kappa shape index (κ1) is 53.1. The predicted octanol–water partition coefficient (Wildman–Crippen LogP) is 14.3. The number of ether oxygens (including phenoxy) is 1. The molecule has 55 heavy (non-hydrogen) atoms. The molecule has 0 amide bonds. The van der Waals surface area contributed by atoms with Crippen LogP contribution in [-0.4, -0.2) is 72.3 Å². The molecule has 0 saturated heterocycles. The molecule has 22 heteroatoms. The Morgan fingerprint density at radius 1 is 0.400 bits per heavy atom. The summed E-state index contributed by atoms with van der Waals surface area (Å²) in [7, 11) is 0. The standard InChI is InChI=1S/C33H46F20O2/c1-2-3-4-5-6-7-8-9-10-11-12-13-14-15-16-17-18-19-20-21-23(54)55-22-25(36,37)27(40,41)29(44,45)31(48,49)33(52,53)32(50,51)30(46,47)28(42,43)26(38,39)24(34)35/h24H,2-22H2,1H3. The number of carbonyl (C=O) groups is 1. The van der Waals surface area contributed by atoms with Gasteiger partial charge in [0, 0.05) is 6.42 Å². The van der Waals surface area contributed by atoms with E-state index in [9.17, 15) is 92.6 Å². The van der Waals surface area contributed by atoms with Crippen molar-refractivity contribution in [3.05, 3.63) is 0 Å². The van der Waals surface area contributed by atoms with Gasteiger partial charge in [0.1, 0.15) is 0 Å². The van der Waals surface area contributed by atoms with Crippen LogP contribution in [0.3, 0.4) is 0 Å². The zero-order valence-electron chi connectivity index (χ0n) is 29.8. The van der Waals surface area contributed by atoms with Gasteiger partial charge in [-0.2, -0.15) is 79.0 Å². The first-order valence-electron chi connectivity index (χ1n) is 17.7. The zero-order chi connectivity index (χ0) is 43.2. The fraction of sp³-hybridized carbons (Fsp3) is 0.970. The molecule has 0 heterocycles. The second-order valence-corrected chi connectivity index (χ2v) is 13.4. The van der Waals surface area contributed by atoms with E-state index < -0.39 is 78.7 Å². The van der Waals surface area contributed by atoms with Gasteiger partial charge < -0.3 is 4.74 Å². The number of hydrogen-bond acceptors (Lipinski definition) is 2. The van der Waals surface area contributed by atoms with Crippen molar-refractivity contribution in [2.24, 2.45) is 0 Å². The Kier molecular flexibility index (Phi) is 20.4. The molecule has 0 aliphatic rings. The first-order chi connectivity index (χ1) is 24.9. The van der Waals surface area contributed by atoms with Gasteiger partial charge in [-0.05, 0) is 6.42 Å². The summed E-state index contributed by atoms with van der Waals surface area (Å²) >= 11 is 0. The van der Waals surface area contributed by atoms with Crippen LogP contribution in [0.4, 0.5) is 87.8 Å². The zero-order valence-corrected chi connectivity index (χ0v) is 29.8. The summed E-state index contributed by atoms with van der Waals surface area (Å²) in [5, 5.41) is 0. The van der Waals surface area contributed by atoms with Crippen molar-refractivity contribution in [2.45, 2.75) is 195 Å². The maximum absolute atomic E-state index is 14.0. The van der Waals surface area contributed by atoms with Gasteiger partial charge in [-0.3, -0.25) is 4.79 Å². The van der Waals surface area contributed by atoms with Gasteiger partial charge in [0.2, 0.25) is 0 Å². The van der Waals surface area contributed by atoms with E-state index in [1.54, 1.807) is 0 Å². The second kappa shape index (κ2) is 21.2. The highest BCUT2D eigenvalue weighted by Crippen LogP contribution is 2.65. The van der Waals surface area contributed by atoms with Crippen molar-refractivity contribution in [3.63, 3.8) is 0 Å². The van der Waals surface area contributed by atoms with E-state index in [0.29, 0.717) is 12.8 Å². The molecular formula is C33H46F20O2. The van der Waals surface area contributed by atoms with Crippen molar-refractivity contribution in [3.8, 4) is 0 Å². The molecule has 0 aromatic heterocycles. The van der Waals surface area contributed by atoms with Gasteiger partial charge in [-0.25, -0.2) is 8.78 Å². The lowest BCUT2D eigenvalue weighted by molar-refractivity contribution is -0.465. The number of esters is 1.